The molecule has 1 aromatic carbocycles. The van der Waals surface area contributed by atoms with E-state index in [-0.39, 0.29) is 0 Å². The third-order valence-corrected chi connectivity index (χ3v) is 3.29. The second-order valence-corrected chi connectivity index (χ2v) is 4.12. The van der Waals surface area contributed by atoms with Crippen LogP contribution in [0.3, 0.4) is 0 Å². The molecule has 0 fully saturated rings. The number of benzene rings is 1. The van der Waals surface area contributed by atoms with E-state index in [1.54, 1.807) is 6.07 Å². The van der Waals surface area contributed by atoms with Gasteiger partial charge in [0.15, 0.2) is 0 Å². The Morgan fingerprint density at radius 1 is 1.50 bits per heavy atom. The topological polar surface area (TPSA) is 83.1 Å². The average Bonchev–Trinajstić information content (AvgIpc) is 2.23. The second kappa shape index (κ2) is 3.71. The monoisotopic (exact) mass is 282 g/mol. The quantitative estimate of drug-likeness (QED) is 0.834. The molecule has 1 heterocycles. The SMILES string of the molecule is Cc1ccc2[nH]nc(C(=O)O)c(=O)c2c1Br. The smallest absolute Gasteiger partial charge is 0.360 e. The maximum atomic E-state index is 11.8. The fraction of sp³-hybridized carbons (Fsp3) is 0.100. The predicted octanol–water partition coefficient (Wildman–Crippen LogP) is 1.69. The number of aromatic carboxylic acids is 1. The average molecular weight is 283 g/mol. The molecule has 0 unspecified atom stereocenters. The van der Waals surface area contributed by atoms with Gasteiger partial charge in [0.1, 0.15) is 0 Å². The van der Waals surface area contributed by atoms with Gasteiger partial charge in [-0.3, -0.25) is 9.89 Å². The fourth-order valence-electron chi connectivity index (χ4n) is 1.43. The van der Waals surface area contributed by atoms with E-state index in [1.807, 2.05) is 13.0 Å². The summed E-state index contributed by atoms with van der Waals surface area (Å²) in [6.07, 6.45) is 0. The Morgan fingerprint density at radius 2 is 2.19 bits per heavy atom. The number of carboxylic acids is 1. The number of carbonyl (C=O) groups is 1. The van der Waals surface area contributed by atoms with Gasteiger partial charge in [0.25, 0.3) is 0 Å². The zero-order valence-corrected chi connectivity index (χ0v) is 9.83. The third-order valence-electron chi connectivity index (χ3n) is 2.27. The van der Waals surface area contributed by atoms with Crippen LogP contribution in [0.5, 0.6) is 0 Å². The molecule has 0 radical (unpaired) electrons. The summed E-state index contributed by atoms with van der Waals surface area (Å²) in [7, 11) is 0. The molecule has 82 valence electrons. The minimum atomic E-state index is -1.34. The summed E-state index contributed by atoms with van der Waals surface area (Å²) in [5.74, 6) is -1.34. The summed E-state index contributed by atoms with van der Waals surface area (Å²) in [5.41, 5.74) is 0.281. The van der Waals surface area contributed by atoms with Crippen LogP contribution in [0.25, 0.3) is 10.9 Å². The Labute approximate surface area is 98.2 Å². The van der Waals surface area contributed by atoms with Crippen LogP contribution >= 0.6 is 15.9 Å². The number of carboxylic acid groups (broad SMARTS) is 1. The van der Waals surface area contributed by atoms with E-state index in [9.17, 15) is 9.59 Å². The number of nitrogens with one attached hydrogen (secondary N) is 1. The molecule has 0 amide bonds. The van der Waals surface area contributed by atoms with Crippen molar-refractivity contribution in [2.45, 2.75) is 6.92 Å². The molecular formula is C10H7BrN2O3. The molecule has 2 rings (SSSR count). The highest BCUT2D eigenvalue weighted by atomic mass is 79.9. The normalized spacial score (nSPS) is 10.6. The molecule has 0 aliphatic rings. The molecule has 0 saturated carbocycles. The first-order valence-electron chi connectivity index (χ1n) is 4.43. The van der Waals surface area contributed by atoms with Crippen LogP contribution in [0.2, 0.25) is 0 Å². The van der Waals surface area contributed by atoms with Crippen molar-refractivity contribution in [3.8, 4) is 0 Å². The van der Waals surface area contributed by atoms with Crippen molar-refractivity contribution < 1.29 is 9.90 Å². The van der Waals surface area contributed by atoms with Crippen molar-refractivity contribution in [2.75, 3.05) is 0 Å². The number of rotatable bonds is 1. The van der Waals surface area contributed by atoms with Gasteiger partial charge in [-0.25, -0.2) is 4.79 Å². The molecule has 5 nitrogen and oxygen atoms in total. The number of aromatic amines is 1. The molecule has 0 aliphatic carbocycles. The molecule has 2 aromatic rings. The van der Waals surface area contributed by atoms with E-state index in [0.717, 1.165) is 5.56 Å². The lowest BCUT2D eigenvalue weighted by Gasteiger charge is -2.03. The Kier molecular flexibility index (Phi) is 2.51. The van der Waals surface area contributed by atoms with Gasteiger partial charge in [0.2, 0.25) is 11.1 Å². The molecule has 0 saturated heterocycles. The first-order chi connectivity index (χ1) is 7.52. The second-order valence-electron chi connectivity index (χ2n) is 3.33. The van der Waals surface area contributed by atoms with Gasteiger partial charge in [-0.1, -0.05) is 6.07 Å². The highest BCUT2D eigenvalue weighted by molar-refractivity contribution is 9.10. The molecule has 0 aliphatic heterocycles. The fourth-order valence-corrected chi connectivity index (χ4v) is 1.95. The van der Waals surface area contributed by atoms with Crippen molar-refractivity contribution in [3.63, 3.8) is 0 Å². The minimum absolute atomic E-state index is 0.312. The molecule has 0 spiro atoms. The maximum Gasteiger partial charge on any atom is 0.360 e. The van der Waals surface area contributed by atoms with E-state index in [0.29, 0.717) is 15.4 Å². The number of halogens is 1. The summed E-state index contributed by atoms with van der Waals surface area (Å²) in [6.45, 7) is 1.82. The maximum absolute atomic E-state index is 11.8. The molecule has 16 heavy (non-hydrogen) atoms. The summed E-state index contributed by atoms with van der Waals surface area (Å²) in [4.78, 5) is 22.6. The van der Waals surface area contributed by atoms with Crippen LogP contribution in [0, 0.1) is 6.92 Å². The first-order valence-corrected chi connectivity index (χ1v) is 5.22. The Balaban J connectivity index is 2.98. The van der Waals surface area contributed by atoms with E-state index in [4.69, 9.17) is 5.11 Å². The number of hydrogen-bond acceptors (Lipinski definition) is 3. The zero-order chi connectivity index (χ0) is 11.9. The summed E-state index contributed by atoms with van der Waals surface area (Å²) >= 11 is 3.27. The highest BCUT2D eigenvalue weighted by Crippen LogP contribution is 2.23. The number of aryl methyl sites for hydroxylation is 1. The van der Waals surface area contributed by atoms with Gasteiger partial charge in [-0.15, -0.1) is 0 Å². The molecule has 2 N–H and O–H groups in total. The largest absolute Gasteiger partial charge is 0.476 e. The Hall–Kier alpha value is -1.69. The van der Waals surface area contributed by atoms with Crippen molar-refractivity contribution in [2.24, 2.45) is 0 Å². The van der Waals surface area contributed by atoms with Gasteiger partial charge < -0.3 is 5.11 Å². The van der Waals surface area contributed by atoms with Crippen LogP contribution in [-0.4, -0.2) is 21.3 Å². The van der Waals surface area contributed by atoms with E-state index >= 15 is 0 Å². The van der Waals surface area contributed by atoms with Crippen LogP contribution in [0.1, 0.15) is 16.1 Å². The first kappa shape index (κ1) is 10.8. The van der Waals surface area contributed by atoms with Crippen molar-refractivity contribution >= 4 is 32.8 Å². The number of nitrogens with zero attached hydrogens (tertiary/aromatic N) is 1. The predicted molar refractivity (Wildman–Crippen MR) is 61.8 cm³/mol. The molecule has 0 bridgehead atoms. The van der Waals surface area contributed by atoms with Crippen LogP contribution in [0.4, 0.5) is 0 Å². The third kappa shape index (κ3) is 1.51. The van der Waals surface area contributed by atoms with Gasteiger partial charge in [-0.05, 0) is 34.5 Å². The Bertz CT molecular complexity index is 648. The minimum Gasteiger partial charge on any atom is -0.476 e. The van der Waals surface area contributed by atoms with Gasteiger partial charge in [0.05, 0.1) is 10.9 Å². The van der Waals surface area contributed by atoms with Gasteiger partial charge in [0, 0.05) is 4.47 Å². The summed E-state index contributed by atoms with van der Waals surface area (Å²) in [6, 6.07) is 3.50. The highest BCUT2D eigenvalue weighted by Gasteiger charge is 2.15. The van der Waals surface area contributed by atoms with Crippen molar-refractivity contribution in [1.29, 1.82) is 0 Å². The van der Waals surface area contributed by atoms with E-state index in [1.165, 1.54) is 0 Å². The van der Waals surface area contributed by atoms with Crippen molar-refractivity contribution in [3.05, 3.63) is 38.1 Å². The molecular weight excluding hydrogens is 276 g/mol. The standard InChI is InChI=1S/C10H7BrN2O3/c1-4-2-3-5-6(7(4)11)9(14)8(10(15)16)13-12-5/h2-3H,1H3,(H,12,14)(H,15,16). The number of aromatic nitrogens is 2. The number of hydrogen-bond donors (Lipinski definition) is 2. The van der Waals surface area contributed by atoms with Crippen molar-refractivity contribution in [1.82, 2.24) is 10.2 Å². The van der Waals surface area contributed by atoms with Crippen LogP contribution in [-0.2, 0) is 0 Å². The molecule has 6 heteroatoms. The van der Waals surface area contributed by atoms with Crippen LogP contribution < -0.4 is 5.43 Å². The van der Waals surface area contributed by atoms with E-state index < -0.39 is 17.1 Å². The molecule has 1 aromatic heterocycles. The zero-order valence-electron chi connectivity index (χ0n) is 8.24. The number of fused-ring (bicyclic) bond motifs is 1. The lowest BCUT2D eigenvalue weighted by atomic mass is 10.1. The van der Waals surface area contributed by atoms with Gasteiger partial charge >= 0.3 is 5.97 Å². The number of H-pyrrole nitrogens is 1. The lowest BCUT2D eigenvalue weighted by Crippen LogP contribution is -2.19. The van der Waals surface area contributed by atoms with Crippen LogP contribution in [0.15, 0.2) is 21.4 Å². The van der Waals surface area contributed by atoms with Gasteiger partial charge in [-0.2, -0.15) is 5.10 Å². The Morgan fingerprint density at radius 3 is 2.81 bits per heavy atom. The summed E-state index contributed by atoms with van der Waals surface area (Å²) in [5, 5.41) is 15.2. The molecule has 0 atom stereocenters. The van der Waals surface area contributed by atoms with E-state index in [2.05, 4.69) is 26.1 Å². The lowest BCUT2D eigenvalue weighted by molar-refractivity contribution is 0.0688. The summed E-state index contributed by atoms with van der Waals surface area (Å²) < 4.78 is 0.594.